The van der Waals surface area contributed by atoms with Crippen LogP contribution >= 0.6 is 0 Å². The number of hydrogen-bond donors (Lipinski definition) is 4. The van der Waals surface area contributed by atoms with Crippen molar-refractivity contribution < 1.29 is 37.6 Å². The maximum atomic E-state index is 10.6. The Morgan fingerprint density at radius 1 is 1.35 bits per heavy atom. The molecule has 1 rings (SSSR count). The average molecular weight is 335 g/mol. The molecule has 5 heteroatoms. The Morgan fingerprint density at radius 2 is 2.13 bits per heavy atom. The Bertz CT molecular complexity index is 705. The van der Waals surface area contributed by atoms with E-state index < -0.39 is 68.5 Å². The van der Waals surface area contributed by atoms with E-state index in [0.29, 0.717) is 0 Å². The standard InChI is InChI=1S/C18H30O5/c1-2-3-4-7-13(19)10-11-15-14(16(20)12-17(15)21)8-5-6-9-18(22)23/h5-6,10-11,13-17,19-21H,2-4,7-9,12H2,1H3,(H,22,23)/b6-5-,11-10+/t13-,14-,15+,16-,17+/m0/s1/i1D3,2D2,3D2,4D2. The predicted octanol–water partition coefficient (Wildman–Crippen LogP) is 2.26. The minimum absolute atomic E-state index is 0.0463. The molecule has 1 fully saturated rings. The molecule has 0 bridgehead atoms. The molecule has 4 N–H and O–H groups in total. The van der Waals surface area contributed by atoms with Gasteiger partial charge in [0, 0.05) is 24.7 Å². The van der Waals surface area contributed by atoms with Gasteiger partial charge in [-0.15, -0.1) is 0 Å². The third-order valence-electron chi connectivity index (χ3n) is 3.80. The van der Waals surface area contributed by atoms with Crippen LogP contribution in [-0.2, 0) is 4.79 Å². The van der Waals surface area contributed by atoms with Crippen molar-refractivity contribution in [3.63, 3.8) is 0 Å². The molecular formula is C18H30O5. The number of carbonyl (C=O) groups is 1. The van der Waals surface area contributed by atoms with Crippen LogP contribution in [0.4, 0.5) is 0 Å². The maximum absolute atomic E-state index is 10.6. The minimum Gasteiger partial charge on any atom is -0.481 e. The zero-order valence-electron chi connectivity index (χ0n) is 21.7. The van der Waals surface area contributed by atoms with Gasteiger partial charge in [-0.2, -0.15) is 0 Å². The Morgan fingerprint density at radius 3 is 2.83 bits per heavy atom. The number of aliphatic hydroxyl groups excluding tert-OH is 3. The minimum atomic E-state index is -3.52. The lowest BCUT2D eigenvalue weighted by Crippen LogP contribution is -2.20. The van der Waals surface area contributed by atoms with Gasteiger partial charge >= 0.3 is 5.97 Å². The van der Waals surface area contributed by atoms with Crippen molar-refractivity contribution in [3.8, 4) is 0 Å². The Balaban J connectivity index is 2.92. The molecule has 0 aromatic carbocycles. The summed E-state index contributed by atoms with van der Waals surface area (Å²) in [6.45, 7) is -3.43. The van der Waals surface area contributed by atoms with E-state index in [1.807, 2.05) is 0 Å². The van der Waals surface area contributed by atoms with Crippen LogP contribution in [0, 0.1) is 11.8 Å². The molecular weight excluding hydrogens is 296 g/mol. The second kappa shape index (κ2) is 10.6. The summed E-state index contributed by atoms with van der Waals surface area (Å²) >= 11 is 0. The molecule has 1 aliphatic rings. The lowest BCUT2D eigenvalue weighted by Gasteiger charge is -2.19. The van der Waals surface area contributed by atoms with Crippen molar-refractivity contribution in [2.45, 2.75) is 70.0 Å². The molecule has 132 valence electrons. The highest BCUT2D eigenvalue weighted by Gasteiger charge is 2.39. The normalized spacial score (nSPS) is 37.8. The van der Waals surface area contributed by atoms with Crippen LogP contribution in [-0.4, -0.2) is 44.7 Å². The van der Waals surface area contributed by atoms with Gasteiger partial charge in [-0.3, -0.25) is 4.79 Å². The first kappa shape index (κ1) is 9.97. The summed E-state index contributed by atoms with van der Waals surface area (Å²) in [6, 6.07) is 0. The zero-order chi connectivity index (χ0) is 25.1. The smallest absolute Gasteiger partial charge is 0.307 e. The first-order valence-corrected chi connectivity index (χ1v) is 7.44. The number of carboxylic acids is 1. The first-order chi connectivity index (χ1) is 14.3. The summed E-state index contributed by atoms with van der Waals surface area (Å²) < 4.78 is 68.1. The van der Waals surface area contributed by atoms with Crippen LogP contribution in [0.2, 0.25) is 0 Å². The van der Waals surface area contributed by atoms with Gasteiger partial charge in [0.25, 0.3) is 0 Å². The summed E-state index contributed by atoms with van der Waals surface area (Å²) in [6.07, 6.45) is -8.96. The van der Waals surface area contributed by atoms with E-state index >= 15 is 0 Å². The molecule has 0 amide bonds. The second-order valence-electron chi connectivity index (χ2n) is 5.50. The van der Waals surface area contributed by atoms with Gasteiger partial charge in [0.2, 0.25) is 0 Å². The summed E-state index contributed by atoms with van der Waals surface area (Å²) in [7, 11) is 0. The fourth-order valence-corrected chi connectivity index (χ4v) is 2.67. The van der Waals surface area contributed by atoms with Crippen LogP contribution < -0.4 is 0 Å². The highest BCUT2D eigenvalue weighted by molar-refractivity contribution is 5.68. The highest BCUT2D eigenvalue weighted by atomic mass is 16.4. The SMILES string of the molecule is [2H]C([2H])([2H])C([2H])([2H])C([2H])([2H])C([2H])([2H])C[C@H](O)/C=C/[C@@H]1[C@H](C/C=C\CC(=O)O)[C@@H](O)C[C@H]1O. The topological polar surface area (TPSA) is 98.0 Å². The molecule has 1 aliphatic carbocycles. The molecule has 0 heterocycles. The Hall–Kier alpha value is -1.17. The quantitative estimate of drug-likeness (QED) is 0.459. The number of rotatable bonds is 10. The fraction of sp³-hybridized carbons (Fsp3) is 0.722. The van der Waals surface area contributed by atoms with Crippen molar-refractivity contribution in [1.29, 1.82) is 0 Å². The number of hydrogen-bond acceptors (Lipinski definition) is 4. The number of aliphatic carboxylic acids is 1. The molecule has 0 aromatic rings. The monoisotopic (exact) mass is 335 g/mol. The second-order valence-corrected chi connectivity index (χ2v) is 5.50. The van der Waals surface area contributed by atoms with Gasteiger partial charge in [-0.05, 0) is 18.8 Å². The Labute approximate surface area is 151 Å². The van der Waals surface area contributed by atoms with Crippen LogP contribution in [0.25, 0.3) is 0 Å². The van der Waals surface area contributed by atoms with Crippen molar-refractivity contribution in [2.24, 2.45) is 11.8 Å². The first-order valence-electron chi connectivity index (χ1n) is 11.9. The van der Waals surface area contributed by atoms with E-state index in [0.717, 1.165) is 6.08 Å². The largest absolute Gasteiger partial charge is 0.481 e. The van der Waals surface area contributed by atoms with E-state index in [4.69, 9.17) is 17.4 Å². The van der Waals surface area contributed by atoms with E-state index in [1.165, 1.54) is 12.2 Å². The molecule has 0 unspecified atom stereocenters. The molecule has 1 saturated carbocycles. The number of carboxylic acid groups (broad SMARTS) is 1. The third-order valence-corrected chi connectivity index (χ3v) is 3.80. The van der Waals surface area contributed by atoms with Crippen LogP contribution in [0.15, 0.2) is 24.3 Å². The van der Waals surface area contributed by atoms with Crippen LogP contribution in [0.3, 0.4) is 0 Å². The van der Waals surface area contributed by atoms with Crippen molar-refractivity contribution in [1.82, 2.24) is 0 Å². The molecule has 5 atom stereocenters. The van der Waals surface area contributed by atoms with Crippen molar-refractivity contribution in [3.05, 3.63) is 24.3 Å². The van der Waals surface area contributed by atoms with Crippen LogP contribution in [0.1, 0.15) is 64.0 Å². The molecule has 5 nitrogen and oxygen atoms in total. The molecule has 0 radical (unpaired) electrons. The van der Waals surface area contributed by atoms with E-state index in [2.05, 4.69) is 0 Å². The molecule has 0 aliphatic heterocycles. The lowest BCUT2D eigenvalue weighted by atomic mass is 9.89. The number of aliphatic hydroxyl groups is 3. The maximum Gasteiger partial charge on any atom is 0.307 e. The number of allylic oxidation sites excluding steroid dienone is 1. The summed E-state index contributed by atoms with van der Waals surface area (Å²) in [5, 5.41) is 39.2. The summed E-state index contributed by atoms with van der Waals surface area (Å²) in [5.41, 5.74) is 0. The Kier molecular flexibility index (Phi) is 4.58. The molecule has 23 heavy (non-hydrogen) atoms. The van der Waals surface area contributed by atoms with Gasteiger partial charge in [-0.1, -0.05) is 50.3 Å². The predicted molar refractivity (Wildman–Crippen MR) is 88.9 cm³/mol. The summed E-state index contributed by atoms with van der Waals surface area (Å²) in [5.74, 6) is -2.17. The van der Waals surface area contributed by atoms with Gasteiger partial charge in [0.15, 0.2) is 0 Å². The fourth-order valence-electron chi connectivity index (χ4n) is 2.67. The lowest BCUT2D eigenvalue weighted by molar-refractivity contribution is -0.136. The summed E-state index contributed by atoms with van der Waals surface area (Å²) in [4.78, 5) is 10.6. The van der Waals surface area contributed by atoms with Gasteiger partial charge in [-0.25, -0.2) is 0 Å². The molecule has 0 spiro atoms. The van der Waals surface area contributed by atoms with E-state index in [1.54, 1.807) is 6.08 Å². The molecule has 0 aromatic heterocycles. The van der Waals surface area contributed by atoms with Crippen molar-refractivity contribution >= 4 is 5.97 Å². The van der Waals surface area contributed by atoms with Crippen molar-refractivity contribution in [2.75, 3.05) is 0 Å². The average Bonchev–Trinajstić information content (AvgIpc) is 2.87. The third kappa shape index (κ3) is 7.29. The van der Waals surface area contributed by atoms with E-state index in [9.17, 15) is 20.1 Å². The van der Waals surface area contributed by atoms with Gasteiger partial charge in [0.05, 0.1) is 24.7 Å². The van der Waals surface area contributed by atoms with Gasteiger partial charge < -0.3 is 20.4 Å². The molecule has 0 saturated heterocycles. The zero-order valence-corrected chi connectivity index (χ0v) is 12.7. The van der Waals surface area contributed by atoms with Gasteiger partial charge in [0.1, 0.15) is 0 Å². The highest BCUT2D eigenvalue weighted by Crippen LogP contribution is 2.36. The van der Waals surface area contributed by atoms with E-state index in [-0.39, 0.29) is 19.3 Å². The van der Waals surface area contributed by atoms with Crippen LogP contribution in [0.5, 0.6) is 0 Å².